The molecule has 0 saturated heterocycles. The van der Waals surface area contributed by atoms with Gasteiger partial charge in [-0.1, -0.05) is 12.1 Å². The number of hydroxylamine groups is 1. The van der Waals surface area contributed by atoms with Crippen LogP contribution >= 0.6 is 0 Å². The van der Waals surface area contributed by atoms with E-state index >= 15 is 0 Å². The summed E-state index contributed by atoms with van der Waals surface area (Å²) in [5.74, 6) is 2.06. The Morgan fingerprint density at radius 2 is 2.05 bits per heavy atom. The van der Waals surface area contributed by atoms with Gasteiger partial charge in [0, 0.05) is 24.4 Å². The lowest BCUT2D eigenvalue weighted by atomic mass is 10.2. The minimum Gasteiger partial charge on any atom is -0.454 e. The highest BCUT2D eigenvalue weighted by Gasteiger charge is 2.16. The van der Waals surface area contributed by atoms with Crippen molar-refractivity contribution >= 4 is 22.7 Å². The molecule has 1 aromatic heterocycles. The number of nitrogens with zero attached hydrogens (tertiary/aromatic N) is 1. The van der Waals surface area contributed by atoms with Crippen LogP contribution in [0.25, 0.3) is 11.0 Å². The summed E-state index contributed by atoms with van der Waals surface area (Å²) < 4.78 is 10.7. The maximum absolute atomic E-state index is 8.76. The Labute approximate surface area is 125 Å². The summed E-state index contributed by atoms with van der Waals surface area (Å²) >= 11 is 0. The zero-order valence-electron chi connectivity index (χ0n) is 11.6. The number of rotatable bonds is 4. The Morgan fingerprint density at radius 3 is 2.91 bits per heavy atom. The molecule has 0 atom stereocenters. The monoisotopic (exact) mass is 298 g/mol. The molecule has 1 aliphatic heterocycles. The van der Waals surface area contributed by atoms with Gasteiger partial charge in [0.2, 0.25) is 12.7 Å². The largest absolute Gasteiger partial charge is 0.454 e. The third-order valence-electron chi connectivity index (χ3n) is 3.45. The summed E-state index contributed by atoms with van der Waals surface area (Å²) in [5, 5.41) is 12.0. The number of ether oxygens (including phenoxy) is 2. The molecule has 1 aliphatic rings. The molecule has 2 heterocycles. The molecule has 7 heteroatoms. The average molecular weight is 298 g/mol. The van der Waals surface area contributed by atoms with Crippen molar-refractivity contribution in [1.29, 1.82) is 0 Å². The molecular weight excluding hydrogens is 284 g/mol. The molecule has 7 nitrogen and oxygen atoms in total. The highest BCUT2D eigenvalue weighted by molar-refractivity contribution is 5.82. The normalized spacial score (nSPS) is 12.8. The van der Waals surface area contributed by atoms with Crippen molar-refractivity contribution in [2.75, 3.05) is 12.1 Å². The number of aromatic amines is 1. The van der Waals surface area contributed by atoms with Crippen molar-refractivity contribution in [1.82, 2.24) is 15.4 Å². The first-order valence-electron chi connectivity index (χ1n) is 6.84. The van der Waals surface area contributed by atoms with E-state index in [0.29, 0.717) is 18.2 Å². The number of anilines is 2. The van der Waals surface area contributed by atoms with Gasteiger partial charge < -0.3 is 25.0 Å². The first-order valence-corrected chi connectivity index (χ1v) is 6.84. The van der Waals surface area contributed by atoms with Crippen LogP contribution in [0.1, 0.15) is 5.56 Å². The molecule has 3 aromatic rings. The molecule has 2 aromatic carbocycles. The Hall–Kier alpha value is -2.77. The van der Waals surface area contributed by atoms with Crippen molar-refractivity contribution in [3.63, 3.8) is 0 Å². The molecule has 22 heavy (non-hydrogen) atoms. The van der Waals surface area contributed by atoms with Crippen LogP contribution in [0.3, 0.4) is 0 Å². The number of aromatic nitrogens is 2. The summed E-state index contributed by atoms with van der Waals surface area (Å²) in [6, 6.07) is 11.4. The predicted molar refractivity (Wildman–Crippen MR) is 80.6 cm³/mol. The SMILES string of the molecule is ONCc1cccc(Nc2nc3cc4c(cc3[nH]2)OCO4)c1. The Balaban J connectivity index is 1.63. The lowest BCUT2D eigenvalue weighted by Crippen LogP contribution is -2.06. The molecular formula is C15H14N4O3. The topological polar surface area (TPSA) is 91.4 Å². The zero-order chi connectivity index (χ0) is 14.9. The number of H-pyrrole nitrogens is 1. The second kappa shape index (κ2) is 5.21. The Morgan fingerprint density at radius 1 is 1.18 bits per heavy atom. The van der Waals surface area contributed by atoms with Gasteiger partial charge in [-0.25, -0.2) is 10.5 Å². The van der Waals surface area contributed by atoms with Crippen LogP contribution in [0.2, 0.25) is 0 Å². The molecule has 112 valence electrons. The van der Waals surface area contributed by atoms with Gasteiger partial charge in [-0.15, -0.1) is 0 Å². The van der Waals surface area contributed by atoms with E-state index in [-0.39, 0.29) is 6.79 Å². The van der Waals surface area contributed by atoms with Crippen LogP contribution < -0.4 is 20.3 Å². The van der Waals surface area contributed by atoms with Gasteiger partial charge in [0.25, 0.3) is 0 Å². The fourth-order valence-electron chi connectivity index (χ4n) is 2.45. The van der Waals surface area contributed by atoms with E-state index in [4.69, 9.17) is 14.7 Å². The molecule has 0 radical (unpaired) electrons. The first-order chi connectivity index (χ1) is 10.8. The molecule has 0 spiro atoms. The van der Waals surface area contributed by atoms with E-state index in [1.54, 1.807) is 0 Å². The smallest absolute Gasteiger partial charge is 0.231 e. The minimum absolute atomic E-state index is 0.249. The molecule has 0 fully saturated rings. The van der Waals surface area contributed by atoms with Gasteiger partial charge in [-0.2, -0.15) is 0 Å². The molecule has 0 saturated carbocycles. The van der Waals surface area contributed by atoms with Gasteiger partial charge in [0.15, 0.2) is 11.5 Å². The average Bonchev–Trinajstić information content (AvgIpc) is 3.10. The van der Waals surface area contributed by atoms with E-state index in [2.05, 4.69) is 20.8 Å². The van der Waals surface area contributed by atoms with Gasteiger partial charge in [0.1, 0.15) is 0 Å². The number of hydrogen-bond acceptors (Lipinski definition) is 6. The van der Waals surface area contributed by atoms with E-state index < -0.39 is 0 Å². The number of hydrogen-bond donors (Lipinski definition) is 4. The fourth-order valence-corrected chi connectivity index (χ4v) is 2.45. The summed E-state index contributed by atoms with van der Waals surface area (Å²) in [4.78, 5) is 7.70. The molecule has 0 amide bonds. The maximum Gasteiger partial charge on any atom is 0.231 e. The van der Waals surface area contributed by atoms with Crippen LogP contribution in [-0.4, -0.2) is 22.0 Å². The lowest BCUT2D eigenvalue weighted by Gasteiger charge is -2.05. The summed E-state index contributed by atoms with van der Waals surface area (Å²) in [6.45, 7) is 0.635. The molecule has 4 rings (SSSR count). The third kappa shape index (κ3) is 2.32. The van der Waals surface area contributed by atoms with Crippen molar-refractivity contribution in [3.8, 4) is 11.5 Å². The summed E-state index contributed by atoms with van der Waals surface area (Å²) in [6.07, 6.45) is 0. The molecule has 4 N–H and O–H groups in total. The summed E-state index contributed by atoms with van der Waals surface area (Å²) in [5.41, 5.74) is 5.67. The van der Waals surface area contributed by atoms with Crippen LogP contribution in [0.15, 0.2) is 36.4 Å². The van der Waals surface area contributed by atoms with Crippen LogP contribution in [0.4, 0.5) is 11.6 Å². The summed E-state index contributed by atoms with van der Waals surface area (Å²) in [7, 11) is 0. The van der Waals surface area contributed by atoms with Crippen LogP contribution in [0, 0.1) is 0 Å². The zero-order valence-corrected chi connectivity index (χ0v) is 11.6. The van der Waals surface area contributed by atoms with Crippen molar-refractivity contribution in [3.05, 3.63) is 42.0 Å². The minimum atomic E-state index is 0.249. The van der Waals surface area contributed by atoms with Gasteiger partial charge in [-0.05, 0) is 17.7 Å². The van der Waals surface area contributed by atoms with E-state index in [1.165, 1.54) is 0 Å². The molecule has 0 bridgehead atoms. The standard InChI is InChI=1S/C15H14N4O3/c20-16-7-9-2-1-3-10(4-9)17-15-18-11-5-13-14(22-8-21-13)6-12(11)19-15/h1-6,16,20H,7-8H2,(H2,17,18,19). The van der Waals surface area contributed by atoms with E-state index in [9.17, 15) is 0 Å². The third-order valence-corrected chi connectivity index (χ3v) is 3.45. The second-order valence-corrected chi connectivity index (χ2v) is 4.97. The van der Waals surface area contributed by atoms with E-state index in [1.807, 2.05) is 36.4 Å². The van der Waals surface area contributed by atoms with E-state index in [0.717, 1.165) is 28.0 Å². The number of benzene rings is 2. The quantitative estimate of drug-likeness (QED) is 0.553. The maximum atomic E-state index is 8.76. The Kier molecular flexibility index (Phi) is 3.06. The number of fused-ring (bicyclic) bond motifs is 2. The van der Waals surface area contributed by atoms with Gasteiger partial charge in [0.05, 0.1) is 11.0 Å². The molecule has 0 aliphatic carbocycles. The first kappa shape index (κ1) is 12.9. The van der Waals surface area contributed by atoms with Crippen molar-refractivity contribution in [2.24, 2.45) is 0 Å². The highest BCUT2D eigenvalue weighted by Crippen LogP contribution is 2.35. The fraction of sp³-hybridized carbons (Fsp3) is 0.133. The van der Waals surface area contributed by atoms with Crippen molar-refractivity contribution < 1.29 is 14.7 Å². The second-order valence-electron chi connectivity index (χ2n) is 4.97. The predicted octanol–water partition coefficient (Wildman–Crippen LogP) is 2.51. The van der Waals surface area contributed by atoms with Crippen LogP contribution in [-0.2, 0) is 6.54 Å². The lowest BCUT2D eigenvalue weighted by molar-refractivity contribution is 0.161. The van der Waals surface area contributed by atoms with Gasteiger partial charge >= 0.3 is 0 Å². The number of imidazole rings is 1. The number of nitrogens with one attached hydrogen (secondary N) is 3. The van der Waals surface area contributed by atoms with Gasteiger partial charge in [-0.3, -0.25) is 0 Å². The van der Waals surface area contributed by atoms with Crippen molar-refractivity contribution in [2.45, 2.75) is 6.54 Å². The highest BCUT2D eigenvalue weighted by atomic mass is 16.7. The van der Waals surface area contributed by atoms with Crippen LogP contribution in [0.5, 0.6) is 11.5 Å². The molecule has 0 unspecified atom stereocenters. The Bertz CT molecular complexity index is 790.